The minimum absolute atomic E-state index is 0.0812. The van der Waals surface area contributed by atoms with Crippen LogP contribution in [0.5, 0.6) is 0 Å². The van der Waals surface area contributed by atoms with Crippen LogP contribution in [-0.4, -0.2) is 33.5 Å². The van der Waals surface area contributed by atoms with Gasteiger partial charge in [-0.2, -0.15) is 0 Å². The third-order valence-electron chi connectivity index (χ3n) is 6.28. The lowest BCUT2D eigenvalue weighted by Gasteiger charge is -2.27. The van der Waals surface area contributed by atoms with E-state index < -0.39 is 11.6 Å². The van der Waals surface area contributed by atoms with Crippen LogP contribution in [0.4, 0.5) is 0 Å². The van der Waals surface area contributed by atoms with Gasteiger partial charge >= 0.3 is 11.7 Å². The molecule has 0 bridgehead atoms. The van der Waals surface area contributed by atoms with Crippen LogP contribution < -0.4 is 11.2 Å². The van der Waals surface area contributed by atoms with E-state index in [9.17, 15) is 14.4 Å². The number of fused-ring (bicyclic) bond motifs is 1. The molecule has 0 aromatic carbocycles. The Hall–Kier alpha value is -2.22. The Labute approximate surface area is 185 Å². The molecule has 0 saturated heterocycles. The minimum Gasteiger partial charge on any atom is -0.459 e. The van der Waals surface area contributed by atoms with E-state index in [4.69, 9.17) is 4.74 Å². The maximum atomic E-state index is 13.4. The van der Waals surface area contributed by atoms with E-state index in [0.717, 1.165) is 41.0 Å². The summed E-state index contributed by atoms with van der Waals surface area (Å²) >= 11 is 1.41. The van der Waals surface area contributed by atoms with Crippen LogP contribution >= 0.6 is 11.3 Å². The van der Waals surface area contributed by atoms with Gasteiger partial charge in [-0.15, -0.1) is 11.3 Å². The highest BCUT2D eigenvalue weighted by molar-refractivity contribution is 7.20. The molecule has 7 nitrogen and oxygen atoms in total. The summed E-state index contributed by atoms with van der Waals surface area (Å²) in [7, 11) is 0. The first kappa shape index (κ1) is 22.0. The number of hydrogen-bond donors (Lipinski definition) is 0. The Balaban J connectivity index is 1.75. The van der Waals surface area contributed by atoms with E-state index in [1.54, 1.807) is 6.21 Å². The summed E-state index contributed by atoms with van der Waals surface area (Å²) in [5.74, 6) is 0.0963. The fourth-order valence-corrected chi connectivity index (χ4v) is 5.23. The molecule has 0 spiro atoms. The van der Waals surface area contributed by atoms with Crippen molar-refractivity contribution < 1.29 is 9.53 Å². The first-order valence-corrected chi connectivity index (χ1v) is 11.8. The standard InChI is InChI=1S/C23H31N3O4S/c1-14-16(11-24-12-17(27)30-22(2,3)4)31-20-18(14)19(28)26(23(5)9-10-23)21(29)25(20)13-15-7-6-8-15/h11,15H,6-10,12-13H2,1-5H3. The van der Waals surface area contributed by atoms with Crippen LogP contribution in [0.3, 0.4) is 0 Å². The van der Waals surface area contributed by atoms with Crippen molar-refractivity contribution >= 4 is 33.7 Å². The first-order valence-electron chi connectivity index (χ1n) is 11.0. The van der Waals surface area contributed by atoms with Crippen LogP contribution in [0.15, 0.2) is 14.6 Å². The quantitative estimate of drug-likeness (QED) is 0.502. The second-order valence-corrected chi connectivity index (χ2v) is 11.2. The summed E-state index contributed by atoms with van der Waals surface area (Å²) in [5, 5.41) is 0.607. The molecule has 0 N–H and O–H groups in total. The fourth-order valence-electron chi connectivity index (χ4n) is 4.04. The molecule has 2 heterocycles. The lowest BCUT2D eigenvalue weighted by molar-refractivity contribution is -0.152. The van der Waals surface area contributed by atoms with Crippen molar-refractivity contribution in [2.24, 2.45) is 10.9 Å². The van der Waals surface area contributed by atoms with Crippen molar-refractivity contribution in [3.8, 4) is 0 Å². The van der Waals surface area contributed by atoms with Crippen LogP contribution in [0.1, 0.15) is 70.2 Å². The number of esters is 1. The highest BCUT2D eigenvalue weighted by Crippen LogP contribution is 2.41. The maximum Gasteiger partial charge on any atom is 0.332 e. The maximum absolute atomic E-state index is 13.4. The normalized spacial score (nSPS) is 18.5. The lowest BCUT2D eigenvalue weighted by atomic mass is 9.85. The molecule has 0 atom stereocenters. The summed E-state index contributed by atoms with van der Waals surface area (Å²) in [4.78, 5) is 44.5. The van der Waals surface area contributed by atoms with Gasteiger partial charge in [-0.1, -0.05) is 6.42 Å². The van der Waals surface area contributed by atoms with E-state index in [2.05, 4.69) is 4.99 Å². The van der Waals surface area contributed by atoms with Crippen LogP contribution in [0, 0.1) is 12.8 Å². The highest BCUT2D eigenvalue weighted by atomic mass is 32.1. The molecule has 2 saturated carbocycles. The summed E-state index contributed by atoms with van der Waals surface area (Å²) in [6.45, 7) is 9.90. The number of carbonyl (C=O) groups excluding carboxylic acids is 1. The Morgan fingerprint density at radius 1 is 1.29 bits per heavy atom. The SMILES string of the molecule is Cc1c(C=NCC(=O)OC(C)(C)C)sc2c1c(=O)n(C1(C)CC1)c(=O)n2CC1CCC1. The second kappa shape index (κ2) is 7.73. The van der Waals surface area contributed by atoms with Crippen molar-refractivity contribution in [1.82, 2.24) is 9.13 Å². The van der Waals surface area contributed by atoms with E-state index in [1.165, 1.54) is 22.3 Å². The minimum atomic E-state index is -0.554. The summed E-state index contributed by atoms with van der Waals surface area (Å²) < 4.78 is 8.59. The Bertz CT molecular complexity index is 1170. The number of thiophene rings is 1. The van der Waals surface area contributed by atoms with Gasteiger partial charge < -0.3 is 4.74 Å². The summed E-state index contributed by atoms with van der Waals surface area (Å²) in [6, 6.07) is 0. The van der Waals surface area contributed by atoms with E-state index >= 15 is 0 Å². The number of aliphatic imine (C=N–C) groups is 1. The van der Waals surface area contributed by atoms with Crippen molar-refractivity contribution in [2.75, 3.05) is 6.54 Å². The zero-order chi connectivity index (χ0) is 22.6. The number of aryl methyl sites for hydroxylation is 1. The van der Waals surface area contributed by atoms with Gasteiger partial charge in [0, 0.05) is 12.8 Å². The first-order chi connectivity index (χ1) is 14.5. The molecule has 0 aliphatic heterocycles. The molecule has 8 heteroatoms. The molecular weight excluding hydrogens is 414 g/mol. The number of hydrogen-bond acceptors (Lipinski definition) is 6. The third kappa shape index (κ3) is 4.27. The van der Waals surface area contributed by atoms with Gasteiger partial charge in [0.15, 0.2) is 0 Å². The van der Waals surface area contributed by atoms with Crippen molar-refractivity contribution in [2.45, 2.75) is 84.4 Å². The van der Waals surface area contributed by atoms with Crippen molar-refractivity contribution in [3.05, 3.63) is 31.3 Å². The Kier molecular flexibility index (Phi) is 5.48. The largest absolute Gasteiger partial charge is 0.459 e. The smallest absolute Gasteiger partial charge is 0.332 e. The molecule has 2 aromatic heterocycles. The lowest BCUT2D eigenvalue weighted by Crippen LogP contribution is -2.45. The summed E-state index contributed by atoms with van der Waals surface area (Å²) in [5.41, 5.74) is -0.503. The molecule has 31 heavy (non-hydrogen) atoms. The Morgan fingerprint density at radius 2 is 1.97 bits per heavy atom. The monoisotopic (exact) mass is 445 g/mol. The number of aromatic nitrogens is 2. The highest BCUT2D eigenvalue weighted by Gasteiger charge is 2.43. The van der Waals surface area contributed by atoms with Crippen LogP contribution in [-0.2, 0) is 21.6 Å². The molecule has 4 rings (SSSR count). The fraction of sp³-hybridized carbons (Fsp3) is 0.652. The second-order valence-electron chi connectivity index (χ2n) is 10.2. The molecule has 0 amide bonds. The van der Waals surface area contributed by atoms with Gasteiger partial charge in [-0.25, -0.2) is 4.79 Å². The number of nitrogens with zero attached hydrogens (tertiary/aromatic N) is 3. The van der Waals surface area contributed by atoms with E-state index in [1.807, 2.05) is 39.2 Å². The summed E-state index contributed by atoms with van der Waals surface area (Å²) in [6.07, 6.45) is 6.78. The van der Waals surface area contributed by atoms with Crippen molar-refractivity contribution in [3.63, 3.8) is 0 Å². The molecular formula is C23H31N3O4S. The van der Waals surface area contributed by atoms with Gasteiger partial charge in [0.2, 0.25) is 0 Å². The zero-order valence-electron chi connectivity index (χ0n) is 19.0. The predicted octanol–water partition coefficient (Wildman–Crippen LogP) is 3.60. The van der Waals surface area contributed by atoms with E-state index in [0.29, 0.717) is 17.8 Å². The Morgan fingerprint density at radius 3 is 2.52 bits per heavy atom. The molecule has 168 valence electrons. The molecule has 2 aliphatic carbocycles. The molecule has 0 unspecified atom stereocenters. The average Bonchev–Trinajstić information content (AvgIpc) is 3.25. The van der Waals surface area contributed by atoms with Crippen molar-refractivity contribution in [1.29, 1.82) is 0 Å². The van der Waals surface area contributed by atoms with Gasteiger partial charge in [-0.3, -0.25) is 23.7 Å². The molecule has 2 aliphatic rings. The number of ether oxygens (including phenoxy) is 1. The third-order valence-corrected chi connectivity index (χ3v) is 7.53. The van der Waals surface area contributed by atoms with Gasteiger partial charge in [0.05, 0.1) is 15.8 Å². The van der Waals surface area contributed by atoms with Crippen LogP contribution in [0.25, 0.3) is 10.2 Å². The molecule has 2 aromatic rings. The average molecular weight is 446 g/mol. The van der Waals surface area contributed by atoms with Gasteiger partial charge in [0.1, 0.15) is 17.0 Å². The number of rotatable bonds is 6. The van der Waals surface area contributed by atoms with Gasteiger partial charge in [-0.05, 0) is 71.8 Å². The van der Waals surface area contributed by atoms with E-state index in [-0.39, 0.29) is 23.3 Å². The molecule has 0 radical (unpaired) electrons. The topological polar surface area (TPSA) is 82.7 Å². The molecule has 2 fully saturated rings. The van der Waals surface area contributed by atoms with Gasteiger partial charge in [0.25, 0.3) is 5.56 Å². The zero-order valence-corrected chi connectivity index (χ0v) is 19.8. The number of carbonyl (C=O) groups is 1. The predicted molar refractivity (Wildman–Crippen MR) is 124 cm³/mol. The van der Waals surface area contributed by atoms with Crippen LogP contribution in [0.2, 0.25) is 0 Å².